The largest absolute Gasteiger partial charge is 0.396 e. The van der Waals surface area contributed by atoms with E-state index in [9.17, 15) is 5.11 Å². The molecule has 1 aliphatic rings. The summed E-state index contributed by atoms with van der Waals surface area (Å²) in [5.41, 5.74) is 0.0954. The minimum atomic E-state index is 0.0954. The van der Waals surface area contributed by atoms with Crippen LogP contribution in [0, 0.1) is 11.3 Å². The lowest BCUT2D eigenvalue weighted by atomic mass is 9.85. The molecule has 2 nitrogen and oxygen atoms in total. The lowest BCUT2D eigenvalue weighted by Gasteiger charge is -2.34. The van der Waals surface area contributed by atoms with Gasteiger partial charge in [0.15, 0.2) is 0 Å². The Balaban J connectivity index is 2.33. The Hall–Kier alpha value is -0.0800. The van der Waals surface area contributed by atoms with E-state index in [-0.39, 0.29) is 5.41 Å². The summed E-state index contributed by atoms with van der Waals surface area (Å²) in [6.45, 7) is 6.99. The van der Waals surface area contributed by atoms with E-state index in [4.69, 9.17) is 0 Å². The minimum absolute atomic E-state index is 0.0954. The van der Waals surface area contributed by atoms with E-state index in [2.05, 4.69) is 25.8 Å². The standard InChI is InChI=1S/C15H31NO/c1-4-10-15(2,13-17)12-16(3)11-14-8-6-5-7-9-14/h14,17H,4-13H2,1-3H3. The predicted octanol–water partition coefficient (Wildman–Crippen LogP) is 3.30. The number of hydrogen-bond acceptors (Lipinski definition) is 2. The molecular weight excluding hydrogens is 210 g/mol. The molecule has 1 aliphatic carbocycles. The monoisotopic (exact) mass is 241 g/mol. The number of rotatable bonds is 7. The van der Waals surface area contributed by atoms with E-state index in [0.29, 0.717) is 6.61 Å². The third kappa shape index (κ3) is 5.39. The van der Waals surface area contributed by atoms with Crippen LogP contribution < -0.4 is 0 Å². The first-order valence-electron chi connectivity index (χ1n) is 7.39. The molecule has 0 heterocycles. The fraction of sp³-hybridized carbons (Fsp3) is 1.00. The maximum atomic E-state index is 9.54. The van der Waals surface area contributed by atoms with E-state index in [1.54, 1.807) is 0 Å². The molecule has 0 aliphatic heterocycles. The van der Waals surface area contributed by atoms with Gasteiger partial charge in [-0.25, -0.2) is 0 Å². The molecule has 2 heteroatoms. The lowest BCUT2D eigenvalue weighted by Crippen LogP contribution is -2.38. The molecule has 1 fully saturated rings. The van der Waals surface area contributed by atoms with Crippen molar-refractivity contribution in [3.8, 4) is 0 Å². The molecule has 0 saturated heterocycles. The highest BCUT2D eigenvalue weighted by molar-refractivity contribution is 4.78. The van der Waals surface area contributed by atoms with Crippen LogP contribution in [-0.4, -0.2) is 36.8 Å². The van der Waals surface area contributed by atoms with Crippen LogP contribution in [0.5, 0.6) is 0 Å². The van der Waals surface area contributed by atoms with Gasteiger partial charge in [-0.2, -0.15) is 0 Å². The van der Waals surface area contributed by atoms with Crippen molar-refractivity contribution in [2.24, 2.45) is 11.3 Å². The van der Waals surface area contributed by atoms with Gasteiger partial charge < -0.3 is 10.0 Å². The van der Waals surface area contributed by atoms with Gasteiger partial charge in [-0.1, -0.05) is 39.5 Å². The van der Waals surface area contributed by atoms with Crippen LogP contribution in [0.1, 0.15) is 58.8 Å². The lowest BCUT2D eigenvalue weighted by molar-refractivity contribution is 0.0809. The Morgan fingerprint density at radius 2 is 1.88 bits per heavy atom. The van der Waals surface area contributed by atoms with Gasteiger partial charge in [0.05, 0.1) is 0 Å². The van der Waals surface area contributed by atoms with Crippen molar-refractivity contribution in [3.63, 3.8) is 0 Å². The van der Waals surface area contributed by atoms with Crippen molar-refractivity contribution in [3.05, 3.63) is 0 Å². The summed E-state index contributed by atoms with van der Waals surface area (Å²) in [5.74, 6) is 0.901. The van der Waals surface area contributed by atoms with Gasteiger partial charge >= 0.3 is 0 Å². The molecule has 1 rings (SSSR count). The minimum Gasteiger partial charge on any atom is -0.396 e. The summed E-state index contributed by atoms with van der Waals surface area (Å²) in [6, 6.07) is 0. The molecule has 0 aromatic rings. The summed E-state index contributed by atoms with van der Waals surface area (Å²) in [5, 5.41) is 9.54. The maximum Gasteiger partial charge on any atom is 0.0497 e. The Bertz CT molecular complexity index is 201. The van der Waals surface area contributed by atoms with Gasteiger partial charge in [0.25, 0.3) is 0 Å². The zero-order chi connectivity index (χ0) is 12.7. The van der Waals surface area contributed by atoms with E-state index in [1.807, 2.05) is 0 Å². The quantitative estimate of drug-likeness (QED) is 0.739. The Morgan fingerprint density at radius 3 is 2.41 bits per heavy atom. The molecule has 1 N–H and O–H groups in total. The highest BCUT2D eigenvalue weighted by atomic mass is 16.3. The van der Waals surface area contributed by atoms with Gasteiger partial charge in [0.2, 0.25) is 0 Å². The molecule has 0 aromatic heterocycles. The zero-order valence-electron chi connectivity index (χ0n) is 12.0. The molecule has 1 unspecified atom stereocenters. The van der Waals surface area contributed by atoms with Crippen molar-refractivity contribution < 1.29 is 5.11 Å². The van der Waals surface area contributed by atoms with Crippen LogP contribution in [0.4, 0.5) is 0 Å². The van der Waals surface area contributed by atoms with Crippen molar-refractivity contribution in [2.45, 2.75) is 58.8 Å². The van der Waals surface area contributed by atoms with Crippen molar-refractivity contribution >= 4 is 0 Å². The van der Waals surface area contributed by atoms with E-state index in [0.717, 1.165) is 25.3 Å². The molecule has 0 spiro atoms. The third-order valence-corrected chi connectivity index (χ3v) is 4.18. The predicted molar refractivity (Wildman–Crippen MR) is 74.2 cm³/mol. The molecule has 17 heavy (non-hydrogen) atoms. The normalized spacial score (nSPS) is 21.7. The summed E-state index contributed by atoms with van der Waals surface area (Å²) in [6.07, 6.45) is 9.38. The van der Waals surface area contributed by atoms with Gasteiger partial charge in [-0.3, -0.25) is 0 Å². The second kappa shape index (κ2) is 7.38. The fourth-order valence-electron chi connectivity index (χ4n) is 3.34. The molecule has 1 atom stereocenters. The Labute approximate surface area is 107 Å². The van der Waals surface area contributed by atoms with Crippen LogP contribution in [0.15, 0.2) is 0 Å². The first-order chi connectivity index (χ1) is 8.09. The SMILES string of the molecule is CCCC(C)(CO)CN(C)CC1CCCCC1. The van der Waals surface area contributed by atoms with Gasteiger partial charge in [0, 0.05) is 25.1 Å². The molecule has 0 amide bonds. The van der Waals surface area contributed by atoms with Gasteiger partial charge in [0.1, 0.15) is 0 Å². The first kappa shape index (κ1) is 15.0. The summed E-state index contributed by atoms with van der Waals surface area (Å²) in [4.78, 5) is 2.45. The molecule has 0 aromatic carbocycles. The van der Waals surface area contributed by atoms with Crippen molar-refractivity contribution in [2.75, 3.05) is 26.7 Å². The molecule has 0 bridgehead atoms. The van der Waals surface area contributed by atoms with Gasteiger partial charge in [-0.05, 0) is 32.2 Å². The van der Waals surface area contributed by atoms with E-state index in [1.165, 1.54) is 38.6 Å². The zero-order valence-corrected chi connectivity index (χ0v) is 12.0. The smallest absolute Gasteiger partial charge is 0.0497 e. The second-order valence-electron chi connectivity index (χ2n) is 6.42. The highest BCUT2D eigenvalue weighted by Crippen LogP contribution is 2.27. The molecule has 0 radical (unpaired) electrons. The Morgan fingerprint density at radius 1 is 1.24 bits per heavy atom. The highest BCUT2D eigenvalue weighted by Gasteiger charge is 2.25. The number of nitrogens with zero attached hydrogens (tertiary/aromatic N) is 1. The van der Waals surface area contributed by atoms with Crippen LogP contribution >= 0.6 is 0 Å². The van der Waals surface area contributed by atoms with Gasteiger partial charge in [-0.15, -0.1) is 0 Å². The van der Waals surface area contributed by atoms with E-state index < -0.39 is 0 Å². The van der Waals surface area contributed by atoms with Crippen LogP contribution in [0.3, 0.4) is 0 Å². The molecule has 1 saturated carbocycles. The number of aliphatic hydroxyl groups is 1. The van der Waals surface area contributed by atoms with Crippen LogP contribution in [0.25, 0.3) is 0 Å². The third-order valence-electron chi connectivity index (χ3n) is 4.18. The summed E-state index contributed by atoms with van der Waals surface area (Å²) >= 11 is 0. The summed E-state index contributed by atoms with van der Waals surface area (Å²) < 4.78 is 0. The number of aliphatic hydroxyl groups excluding tert-OH is 1. The van der Waals surface area contributed by atoms with Crippen molar-refractivity contribution in [1.82, 2.24) is 4.90 Å². The van der Waals surface area contributed by atoms with Crippen LogP contribution in [0.2, 0.25) is 0 Å². The topological polar surface area (TPSA) is 23.5 Å². The average molecular weight is 241 g/mol. The first-order valence-corrected chi connectivity index (χ1v) is 7.39. The Kier molecular flexibility index (Phi) is 6.50. The molecular formula is C15H31NO. The average Bonchev–Trinajstić information content (AvgIpc) is 2.30. The van der Waals surface area contributed by atoms with E-state index >= 15 is 0 Å². The fourth-order valence-corrected chi connectivity index (χ4v) is 3.34. The van der Waals surface area contributed by atoms with Crippen LogP contribution in [-0.2, 0) is 0 Å². The summed E-state index contributed by atoms with van der Waals surface area (Å²) in [7, 11) is 2.22. The van der Waals surface area contributed by atoms with Crippen molar-refractivity contribution in [1.29, 1.82) is 0 Å². The maximum absolute atomic E-state index is 9.54. The second-order valence-corrected chi connectivity index (χ2v) is 6.42. The number of hydrogen-bond donors (Lipinski definition) is 1. The molecule has 102 valence electrons.